The molecule has 5 nitrogen and oxygen atoms in total. The highest BCUT2D eigenvalue weighted by molar-refractivity contribution is 5.95. The van der Waals surface area contributed by atoms with E-state index in [9.17, 15) is 9.59 Å². The monoisotopic (exact) mass is 292 g/mol. The van der Waals surface area contributed by atoms with E-state index >= 15 is 0 Å². The van der Waals surface area contributed by atoms with Gasteiger partial charge in [0.15, 0.2) is 0 Å². The molecule has 0 bridgehead atoms. The Morgan fingerprint density at radius 2 is 1.86 bits per heavy atom. The van der Waals surface area contributed by atoms with Crippen molar-refractivity contribution in [3.8, 4) is 0 Å². The number of rotatable bonds is 4. The second-order valence-corrected chi connectivity index (χ2v) is 6.07. The van der Waals surface area contributed by atoms with Crippen molar-refractivity contribution in [2.75, 3.05) is 6.54 Å². The topological polar surface area (TPSA) is 67.4 Å². The van der Waals surface area contributed by atoms with Crippen molar-refractivity contribution in [1.82, 2.24) is 10.6 Å². The number of ether oxygens (including phenoxy) is 1. The Balaban J connectivity index is 2.43. The van der Waals surface area contributed by atoms with Gasteiger partial charge in [0.2, 0.25) is 0 Å². The highest BCUT2D eigenvalue weighted by Crippen LogP contribution is 2.07. The maximum atomic E-state index is 12.0. The molecule has 0 aliphatic heterocycles. The SMILES string of the molecule is Cc1ccccc1C(=O)NC[C@H](C)NC(=O)OC(C)(C)C. The molecule has 0 heterocycles. The summed E-state index contributed by atoms with van der Waals surface area (Å²) in [6, 6.07) is 7.16. The lowest BCUT2D eigenvalue weighted by Gasteiger charge is -2.22. The van der Waals surface area contributed by atoms with Crippen LogP contribution in [0, 0.1) is 6.92 Å². The third-order valence-corrected chi connectivity index (χ3v) is 2.72. The van der Waals surface area contributed by atoms with Gasteiger partial charge in [0.1, 0.15) is 5.60 Å². The largest absolute Gasteiger partial charge is 0.444 e. The molecule has 0 aliphatic carbocycles. The van der Waals surface area contributed by atoms with Gasteiger partial charge in [-0.25, -0.2) is 4.79 Å². The fourth-order valence-corrected chi connectivity index (χ4v) is 1.73. The minimum atomic E-state index is -0.534. The van der Waals surface area contributed by atoms with Crippen LogP contribution >= 0.6 is 0 Å². The van der Waals surface area contributed by atoms with Gasteiger partial charge in [-0.05, 0) is 46.2 Å². The van der Waals surface area contributed by atoms with Crippen LogP contribution in [0.4, 0.5) is 4.79 Å². The molecule has 2 N–H and O–H groups in total. The summed E-state index contributed by atoms with van der Waals surface area (Å²) in [4.78, 5) is 23.6. The molecule has 0 saturated heterocycles. The lowest BCUT2D eigenvalue weighted by atomic mass is 10.1. The summed E-state index contributed by atoms with van der Waals surface area (Å²) < 4.78 is 5.16. The van der Waals surface area contributed by atoms with Gasteiger partial charge in [0, 0.05) is 18.2 Å². The van der Waals surface area contributed by atoms with E-state index < -0.39 is 11.7 Å². The van der Waals surface area contributed by atoms with Crippen LogP contribution < -0.4 is 10.6 Å². The lowest BCUT2D eigenvalue weighted by Crippen LogP contribution is -2.43. The summed E-state index contributed by atoms with van der Waals surface area (Å²) in [7, 11) is 0. The van der Waals surface area contributed by atoms with Crippen molar-refractivity contribution in [3.05, 3.63) is 35.4 Å². The standard InChI is InChI=1S/C16H24N2O3/c1-11-8-6-7-9-13(11)14(19)17-10-12(2)18-15(20)21-16(3,4)5/h6-9,12H,10H2,1-5H3,(H,17,19)(H,18,20)/t12-/m0/s1. The van der Waals surface area contributed by atoms with E-state index in [0.717, 1.165) is 5.56 Å². The van der Waals surface area contributed by atoms with Gasteiger partial charge in [-0.1, -0.05) is 18.2 Å². The van der Waals surface area contributed by atoms with Crippen molar-refractivity contribution in [1.29, 1.82) is 0 Å². The van der Waals surface area contributed by atoms with Gasteiger partial charge in [-0.3, -0.25) is 4.79 Å². The summed E-state index contributed by atoms with van der Waals surface area (Å²) in [6.45, 7) is 9.44. The van der Waals surface area contributed by atoms with E-state index in [0.29, 0.717) is 12.1 Å². The number of carbonyl (C=O) groups is 2. The van der Waals surface area contributed by atoms with E-state index in [-0.39, 0.29) is 11.9 Å². The van der Waals surface area contributed by atoms with Gasteiger partial charge < -0.3 is 15.4 Å². The zero-order valence-electron chi connectivity index (χ0n) is 13.3. The molecule has 0 aliphatic rings. The molecule has 0 spiro atoms. The molecule has 0 saturated carbocycles. The van der Waals surface area contributed by atoms with Gasteiger partial charge in [-0.15, -0.1) is 0 Å². The minimum Gasteiger partial charge on any atom is -0.444 e. The summed E-state index contributed by atoms with van der Waals surface area (Å²) in [5.41, 5.74) is 1.03. The average Bonchev–Trinajstić information content (AvgIpc) is 2.34. The summed E-state index contributed by atoms with van der Waals surface area (Å²) >= 11 is 0. The Bertz CT molecular complexity index is 506. The first kappa shape index (κ1) is 17.0. The molecule has 1 aromatic rings. The van der Waals surface area contributed by atoms with Crippen molar-refractivity contribution in [3.63, 3.8) is 0 Å². The first-order chi connectivity index (χ1) is 9.69. The van der Waals surface area contributed by atoms with E-state index in [1.165, 1.54) is 0 Å². The van der Waals surface area contributed by atoms with E-state index in [1.54, 1.807) is 26.8 Å². The number of nitrogens with one attached hydrogen (secondary N) is 2. The Labute approximate surface area is 126 Å². The van der Waals surface area contributed by atoms with Crippen LogP contribution in [-0.4, -0.2) is 30.2 Å². The number of benzene rings is 1. The zero-order valence-corrected chi connectivity index (χ0v) is 13.3. The summed E-state index contributed by atoms with van der Waals surface area (Å²) in [5.74, 6) is -0.147. The highest BCUT2D eigenvalue weighted by Gasteiger charge is 2.18. The third kappa shape index (κ3) is 6.29. The second kappa shape index (κ2) is 7.11. The smallest absolute Gasteiger partial charge is 0.407 e. The van der Waals surface area contributed by atoms with Crippen LogP contribution in [0.25, 0.3) is 0 Å². The fraction of sp³-hybridized carbons (Fsp3) is 0.500. The normalized spacial score (nSPS) is 12.4. The van der Waals surface area contributed by atoms with E-state index in [2.05, 4.69) is 10.6 Å². The molecule has 116 valence electrons. The number of hydrogen-bond donors (Lipinski definition) is 2. The Kier molecular flexibility index (Phi) is 5.76. The Morgan fingerprint density at radius 1 is 1.24 bits per heavy atom. The van der Waals surface area contributed by atoms with Crippen LogP contribution in [0.1, 0.15) is 43.6 Å². The molecular weight excluding hydrogens is 268 g/mol. The molecule has 5 heteroatoms. The third-order valence-electron chi connectivity index (χ3n) is 2.72. The molecule has 1 rings (SSSR count). The van der Waals surface area contributed by atoms with Gasteiger partial charge in [-0.2, -0.15) is 0 Å². The van der Waals surface area contributed by atoms with Crippen molar-refractivity contribution < 1.29 is 14.3 Å². The van der Waals surface area contributed by atoms with Gasteiger partial charge in [0.25, 0.3) is 5.91 Å². The quantitative estimate of drug-likeness (QED) is 0.896. The molecule has 0 unspecified atom stereocenters. The second-order valence-electron chi connectivity index (χ2n) is 6.07. The van der Waals surface area contributed by atoms with Crippen molar-refractivity contribution in [2.45, 2.75) is 46.3 Å². The molecule has 1 aromatic carbocycles. The van der Waals surface area contributed by atoms with E-state index in [1.807, 2.05) is 32.0 Å². The van der Waals surface area contributed by atoms with Crippen LogP contribution in [-0.2, 0) is 4.74 Å². The number of aryl methyl sites for hydroxylation is 1. The first-order valence-corrected chi connectivity index (χ1v) is 7.02. The summed E-state index contributed by atoms with van der Waals surface area (Å²) in [5, 5.41) is 5.48. The van der Waals surface area contributed by atoms with Crippen molar-refractivity contribution >= 4 is 12.0 Å². The van der Waals surface area contributed by atoms with Crippen LogP contribution in [0.3, 0.4) is 0 Å². The lowest BCUT2D eigenvalue weighted by molar-refractivity contribution is 0.0506. The van der Waals surface area contributed by atoms with Crippen LogP contribution in [0.2, 0.25) is 0 Å². The molecule has 0 fully saturated rings. The van der Waals surface area contributed by atoms with Crippen molar-refractivity contribution in [2.24, 2.45) is 0 Å². The predicted molar refractivity (Wildman–Crippen MR) is 82.3 cm³/mol. The fourth-order valence-electron chi connectivity index (χ4n) is 1.73. The number of hydrogen-bond acceptors (Lipinski definition) is 3. The molecule has 0 aromatic heterocycles. The molecule has 2 amide bonds. The number of alkyl carbamates (subject to hydrolysis) is 1. The van der Waals surface area contributed by atoms with E-state index in [4.69, 9.17) is 4.74 Å². The minimum absolute atomic E-state index is 0.147. The average molecular weight is 292 g/mol. The highest BCUT2D eigenvalue weighted by atomic mass is 16.6. The zero-order chi connectivity index (χ0) is 16.0. The first-order valence-electron chi connectivity index (χ1n) is 7.02. The van der Waals surface area contributed by atoms with Gasteiger partial charge >= 0.3 is 6.09 Å². The van der Waals surface area contributed by atoms with Crippen LogP contribution in [0.15, 0.2) is 24.3 Å². The molecule has 21 heavy (non-hydrogen) atoms. The Morgan fingerprint density at radius 3 is 2.43 bits per heavy atom. The van der Waals surface area contributed by atoms with Crippen LogP contribution in [0.5, 0.6) is 0 Å². The number of carbonyl (C=O) groups excluding carboxylic acids is 2. The maximum absolute atomic E-state index is 12.0. The van der Waals surface area contributed by atoms with Gasteiger partial charge in [0.05, 0.1) is 0 Å². The molecule has 0 radical (unpaired) electrons. The maximum Gasteiger partial charge on any atom is 0.407 e. The predicted octanol–water partition coefficient (Wildman–Crippen LogP) is 2.64. The Hall–Kier alpha value is -2.04. The molecular formula is C16H24N2O3. The number of amides is 2. The summed E-state index contributed by atoms with van der Waals surface area (Å²) in [6.07, 6.45) is -0.486. The molecule has 1 atom stereocenters.